The first-order chi connectivity index (χ1) is 12.9. The van der Waals surface area contributed by atoms with Gasteiger partial charge in [-0.05, 0) is 43.9 Å². The van der Waals surface area contributed by atoms with Crippen LogP contribution in [0.15, 0.2) is 29.3 Å². The molecule has 0 radical (unpaired) electrons. The van der Waals surface area contributed by atoms with E-state index in [4.69, 9.17) is 4.74 Å². The van der Waals surface area contributed by atoms with Gasteiger partial charge in [0.15, 0.2) is 5.96 Å². The monoisotopic (exact) mass is 381 g/mol. The lowest BCUT2D eigenvalue weighted by Gasteiger charge is -2.63. The van der Waals surface area contributed by atoms with Crippen LogP contribution in [0.5, 0.6) is 0 Å². The zero-order valence-corrected chi connectivity index (χ0v) is 15.5. The number of rotatable bonds is 4. The summed E-state index contributed by atoms with van der Waals surface area (Å²) in [4.78, 5) is 4.55. The molecule has 1 aliphatic heterocycles. The van der Waals surface area contributed by atoms with Gasteiger partial charge in [0.2, 0.25) is 0 Å². The molecule has 3 unspecified atom stereocenters. The molecule has 2 N–H and O–H groups in total. The number of aliphatic imine (C=N–C) groups is 1. The number of hydrogen-bond acceptors (Lipinski definition) is 2. The summed E-state index contributed by atoms with van der Waals surface area (Å²) >= 11 is 0. The summed E-state index contributed by atoms with van der Waals surface area (Å²) in [6, 6.07) is 5.72. The number of ether oxygens (including phenoxy) is 1. The lowest BCUT2D eigenvalue weighted by Crippen LogP contribution is -2.72. The van der Waals surface area contributed by atoms with E-state index < -0.39 is 11.7 Å². The van der Waals surface area contributed by atoms with Gasteiger partial charge in [0.1, 0.15) is 0 Å². The third-order valence-electron chi connectivity index (χ3n) is 6.35. The lowest BCUT2D eigenvalue weighted by atomic mass is 9.46. The summed E-state index contributed by atoms with van der Waals surface area (Å²) in [5.41, 5.74) is 0.149. The molecular formula is C20H26F3N3O. The van der Waals surface area contributed by atoms with E-state index in [2.05, 4.69) is 15.6 Å². The van der Waals surface area contributed by atoms with Crippen LogP contribution >= 0.6 is 0 Å². The molecule has 3 atom stereocenters. The molecule has 1 heterocycles. The molecule has 7 heteroatoms. The van der Waals surface area contributed by atoms with E-state index in [1.54, 1.807) is 6.07 Å². The Kier molecular flexibility index (Phi) is 4.82. The molecule has 1 aromatic carbocycles. The smallest absolute Gasteiger partial charge is 0.377 e. The molecular weight excluding hydrogens is 355 g/mol. The fraction of sp³-hybridized carbons (Fsp3) is 0.650. The van der Waals surface area contributed by atoms with Gasteiger partial charge in [-0.2, -0.15) is 13.2 Å². The minimum atomic E-state index is -4.33. The van der Waals surface area contributed by atoms with Crippen molar-refractivity contribution in [3.05, 3.63) is 35.4 Å². The van der Waals surface area contributed by atoms with Crippen LogP contribution in [-0.2, 0) is 17.5 Å². The van der Waals surface area contributed by atoms with Gasteiger partial charge < -0.3 is 15.4 Å². The number of hydrogen-bond donors (Lipinski definition) is 2. The van der Waals surface area contributed by atoms with Crippen LogP contribution in [0.25, 0.3) is 0 Å². The molecule has 4 rings (SSSR count). The number of nitrogens with one attached hydrogen (secondary N) is 2. The zero-order valence-electron chi connectivity index (χ0n) is 15.5. The Morgan fingerprint density at radius 2 is 2.15 bits per heavy atom. The van der Waals surface area contributed by atoms with Gasteiger partial charge >= 0.3 is 6.18 Å². The molecule has 4 nitrogen and oxygen atoms in total. The van der Waals surface area contributed by atoms with E-state index in [1.807, 2.05) is 6.92 Å². The summed E-state index contributed by atoms with van der Waals surface area (Å²) in [6.45, 7) is 3.73. The summed E-state index contributed by atoms with van der Waals surface area (Å²) in [7, 11) is 0. The Labute approximate surface area is 157 Å². The van der Waals surface area contributed by atoms with Gasteiger partial charge in [-0.25, -0.2) is 4.99 Å². The quantitative estimate of drug-likeness (QED) is 0.617. The van der Waals surface area contributed by atoms with E-state index in [-0.39, 0.29) is 12.0 Å². The Bertz CT molecular complexity index is 715. The first kappa shape index (κ1) is 18.6. The Morgan fingerprint density at radius 3 is 2.81 bits per heavy atom. The lowest BCUT2D eigenvalue weighted by molar-refractivity contribution is -0.171. The minimum absolute atomic E-state index is 0.212. The van der Waals surface area contributed by atoms with E-state index in [0.717, 1.165) is 19.1 Å². The summed E-state index contributed by atoms with van der Waals surface area (Å²) < 4.78 is 44.6. The molecule has 0 amide bonds. The number of alkyl halides is 3. The maximum absolute atomic E-state index is 12.9. The van der Waals surface area contributed by atoms with Crippen molar-refractivity contribution in [1.29, 1.82) is 0 Å². The van der Waals surface area contributed by atoms with E-state index in [0.29, 0.717) is 36.1 Å². The molecule has 1 spiro atoms. The van der Waals surface area contributed by atoms with Crippen LogP contribution in [0.2, 0.25) is 0 Å². The van der Waals surface area contributed by atoms with Gasteiger partial charge in [-0.3, -0.25) is 0 Å². The molecule has 1 aromatic rings. The molecule has 3 fully saturated rings. The fourth-order valence-corrected chi connectivity index (χ4v) is 4.94. The van der Waals surface area contributed by atoms with Crippen LogP contribution in [-0.4, -0.2) is 31.3 Å². The van der Waals surface area contributed by atoms with Gasteiger partial charge in [0.25, 0.3) is 0 Å². The first-order valence-electron chi connectivity index (χ1n) is 9.76. The zero-order chi connectivity index (χ0) is 19.1. The third-order valence-corrected chi connectivity index (χ3v) is 6.35. The van der Waals surface area contributed by atoms with Crippen molar-refractivity contribution in [3.8, 4) is 0 Å². The highest BCUT2D eigenvalue weighted by Crippen LogP contribution is 2.62. The molecule has 1 saturated heterocycles. The highest BCUT2D eigenvalue weighted by atomic mass is 19.4. The summed E-state index contributed by atoms with van der Waals surface area (Å²) in [5, 5.41) is 6.81. The van der Waals surface area contributed by atoms with Gasteiger partial charge in [-0.1, -0.05) is 18.6 Å². The van der Waals surface area contributed by atoms with E-state index >= 15 is 0 Å². The van der Waals surface area contributed by atoms with E-state index in [1.165, 1.54) is 31.4 Å². The molecule has 3 aliphatic rings. The van der Waals surface area contributed by atoms with E-state index in [9.17, 15) is 13.2 Å². The van der Waals surface area contributed by atoms with Crippen molar-refractivity contribution in [2.24, 2.45) is 16.3 Å². The SMILES string of the molecule is CCNC(=NCc1cccc(C(F)(F)F)c1)NC1C2CCOC2C12CCC2. The number of guanidine groups is 1. The molecule has 2 aliphatic carbocycles. The molecule has 0 aromatic heterocycles. The highest BCUT2D eigenvalue weighted by Gasteiger charge is 2.66. The Hall–Kier alpha value is -1.76. The number of fused-ring (bicyclic) bond motifs is 2. The molecule has 148 valence electrons. The van der Waals surface area contributed by atoms with Crippen molar-refractivity contribution in [3.63, 3.8) is 0 Å². The second kappa shape index (κ2) is 7.00. The van der Waals surface area contributed by atoms with Crippen LogP contribution in [0.1, 0.15) is 43.7 Å². The summed E-state index contributed by atoms with van der Waals surface area (Å²) in [5.74, 6) is 1.19. The Morgan fingerprint density at radius 1 is 1.33 bits per heavy atom. The maximum atomic E-state index is 12.9. The Balaban J connectivity index is 1.46. The van der Waals surface area contributed by atoms with Crippen LogP contribution in [0.3, 0.4) is 0 Å². The van der Waals surface area contributed by atoms with Crippen molar-refractivity contribution in [1.82, 2.24) is 10.6 Å². The van der Waals surface area contributed by atoms with Crippen LogP contribution < -0.4 is 10.6 Å². The first-order valence-corrected chi connectivity index (χ1v) is 9.76. The average Bonchev–Trinajstić information content (AvgIpc) is 3.00. The van der Waals surface area contributed by atoms with Crippen molar-refractivity contribution in [2.45, 2.75) is 57.5 Å². The second-order valence-electron chi connectivity index (χ2n) is 7.85. The minimum Gasteiger partial charge on any atom is -0.377 e. The number of benzene rings is 1. The third kappa shape index (κ3) is 3.30. The molecule has 0 bridgehead atoms. The average molecular weight is 381 g/mol. The second-order valence-corrected chi connectivity index (χ2v) is 7.85. The van der Waals surface area contributed by atoms with Gasteiger partial charge in [0, 0.05) is 30.5 Å². The number of nitrogens with zero attached hydrogens (tertiary/aromatic N) is 1. The largest absolute Gasteiger partial charge is 0.416 e. The van der Waals surface area contributed by atoms with Crippen molar-refractivity contribution in [2.75, 3.05) is 13.2 Å². The molecule has 2 saturated carbocycles. The fourth-order valence-electron chi connectivity index (χ4n) is 4.94. The van der Waals surface area contributed by atoms with Crippen LogP contribution in [0.4, 0.5) is 13.2 Å². The van der Waals surface area contributed by atoms with Gasteiger partial charge in [-0.15, -0.1) is 0 Å². The summed E-state index contributed by atoms with van der Waals surface area (Å²) in [6.07, 6.45) is 0.704. The predicted octanol–water partition coefficient (Wildman–Crippen LogP) is 3.72. The standard InChI is InChI=1S/C20H26F3N3O/c1-2-24-18(25-12-13-5-3-6-14(11-13)20(21,22)23)26-16-15-7-10-27-17(15)19(16)8-4-9-19/h3,5-6,11,15-17H,2,4,7-10,12H2,1H3,(H2,24,25,26). The predicted molar refractivity (Wildman–Crippen MR) is 97.3 cm³/mol. The number of halogens is 3. The normalized spacial score (nSPS) is 29.0. The molecule has 27 heavy (non-hydrogen) atoms. The van der Waals surface area contributed by atoms with Crippen molar-refractivity contribution < 1.29 is 17.9 Å². The van der Waals surface area contributed by atoms with Gasteiger partial charge in [0.05, 0.1) is 18.2 Å². The maximum Gasteiger partial charge on any atom is 0.416 e. The topological polar surface area (TPSA) is 45.7 Å². The van der Waals surface area contributed by atoms with Crippen molar-refractivity contribution >= 4 is 5.96 Å². The van der Waals surface area contributed by atoms with Crippen LogP contribution in [0, 0.1) is 11.3 Å². The highest BCUT2D eigenvalue weighted by molar-refractivity contribution is 5.80.